The van der Waals surface area contributed by atoms with Crippen molar-refractivity contribution in [1.29, 1.82) is 0 Å². The summed E-state index contributed by atoms with van der Waals surface area (Å²) in [5, 5.41) is 15.0. The fraction of sp³-hybridized carbons (Fsp3) is 0.353. The maximum Gasteiger partial charge on any atom is 0.250 e. The molecule has 0 aromatic heterocycles. The van der Waals surface area contributed by atoms with E-state index in [1.165, 1.54) is 0 Å². The number of aliphatic hydroxyl groups excluding tert-OH is 1. The molecule has 2 rings (SSSR count). The first-order chi connectivity index (χ1) is 10.6. The molecule has 118 valence electrons. The number of rotatable bonds is 7. The quantitative estimate of drug-likeness (QED) is 0.729. The van der Waals surface area contributed by atoms with Crippen molar-refractivity contribution in [3.05, 3.63) is 48.0 Å². The molecule has 0 bridgehead atoms. The van der Waals surface area contributed by atoms with Crippen LogP contribution in [0.1, 0.15) is 12.5 Å². The number of fused-ring (bicyclic) bond motifs is 1. The van der Waals surface area contributed by atoms with E-state index >= 15 is 0 Å². The average Bonchev–Trinajstić information content (AvgIpc) is 2.56. The summed E-state index contributed by atoms with van der Waals surface area (Å²) in [6.07, 6.45) is -1.17. The molecule has 0 radical (unpaired) electrons. The highest BCUT2D eigenvalue weighted by molar-refractivity contribution is 7.99. The number of thioether (sulfide) groups is 1. The van der Waals surface area contributed by atoms with Crippen LogP contribution in [-0.4, -0.2) is 34.7 Å². The van der Waals surface area contributed by atoms with E-state index in [4.69, 9.17) is 5.73 Å². The van der Waals surface area contributed by atoms with Crippen molar-refractivity contribution < 1.29 is 9.90 Å². The Balaban J connectivity index is 1.98. The van der Waals surface area contributed by atoms with Gasteiger partial charge < -0.3 is 16.2 Å². The molecule has 4 nitrogen and oxygen atoms in total. The van der Waals surface area contributed by atoms with Crippen molar-refractivity contribution >= 4 is 28.4 Å². The Hall–Kier alpha value is -1.56. The highest BCUT2D eigenvalue weighted by Crippen LogP contribution is 2.18. The Morgan fingerprint density at radius 1 is 1.27 bits per heavy atom. The molecule has 0 heterocycles. The SMILES string of the molecule is CCSC[C@H](N)C(O)C(=O)NCc1cccc2ccccc12. The standard InChI is InChI=1S/C17H22N2O2S/c1-2-22-11-15(18)16(20)17(21)19-10-13-8-5-7-12-6-3-4-9-14(12)13/h3-9,15-16,20H,2,10-11,18H2,1H3,(H,19,21)/t15-,16?/m0/s1. The van der Waals surface area contributed by atoms with Crippen molar-refractivity contribution in [3.63, 3.8) is 0 Å². The van der Waals surface area contributed by atoms with Crippen LogP contribution in [0.5, 0.6) is 0 Å². The maximum atomic E-state index is 12.0. The van der Waals surface area contributed by atoms with E-state index in [1.54, 1.807) is 11.8 Å². The maximum absolute atomic E-state index is 12.0. The number of nitrogens with two attached hydrogens (primary N) is 1. The summed E-state index contributed by atoms with van der Waals surface area (Å²) in [7, 11) is 0. The van der Waals surface area contributed by atoms with Gasteiger partial charge in [-0.15, -0.1) is 0 Å². The molecule has 0 fully saturated rings. The lowest BCUT2D eigenvalue weighted by atomic mass is 10.0. The van der Waals surface area contributed by atoms with Crippen molar-refractivity contribution in [1.82, 2.24) is 5.32 Å². The summed E-state index contributed by atoms with van der Waals surface area (Å²) in [4.78, 5) is 12.0. The summed E-state index contributed by atoms with van der Waals surface area (Å²) in [5.41, 5.74) is 6.86. The van der Waals surface area contributed by atoms with Gasteiger partial charge in [0.15, 0.2) is 0 Å². The summed E-state index contributed by atoms with van der Waals surface area (Å²) in [6, 6.07) is 13.4. The third kappa shape index (κ3) is 4.22. The normalized spacial score (nSPS) is 13.8. The average molecular weight is 318 g/mol. The molecule has 0 saturated carbocycles. The van der Waals surface area contributed by atoms with Gasteiger partial charge in [-0.2, -0.15) is 11.8 Å². The zero-order valence-corrected chi connectivity index (χ0v) is 13.5. The predicted octanol–water partition coefficient (Wildman–Crippen LogP) is 1.90. The van der Waals surface area contributed by atoms with Gasteiger partial charge in [-0.05, 0) is 22.1 Å². The third-order valence-corrected chi connectivity index (χ3v) is 4.55. The minimum Gasteiger partial charge on any atom is -0.382 e. The van der Waals surface area contributed by atoms with Crippen LogP contribution < -0.4 is 11.1 Å². The first-order valence-corrected chi connectivity index (χ1v) is 8.54. The second kappa shape index (κ2) is 8.17. The Labute approximate surface area is 135 Å². The van der Waals surface area contributed by atoms with Gasteiger partial charge in [0.1, 0.15) is 6.10 Å². The van der Waals surface area contributed by atoms with E-state index in [0.29, 0.717) is 12.3 Å². The Morgan fingerprint density at radius 2 is 2.00 bits per heavy atom. The molecule has 4 N–H and O–H groups in total. The zero-order valence-electron chi connectivity index (χ0n) is 12.7. The van der Waals surface area contributed by atoms with Crippen molar-refractivity contribution in [3.8, 4) is 0 Å². The molecule has 2 aromatic rings. The van der Waals surface area contributed by atoms with Gasteiger partial charge in [0.25, 0.3) is 5.91 Å². The lowest BCUT2D eigenvalue weighted by Crippen LogP contribution is -2.47. The monoisotopic (exact) mass is 318 g/mol. The van der Waals surface area contributed by atoms with Gasteiger partial charge in [-0.25, -0.2) is 0 Å². The van der Waals surface area contributed by atoms with Crippen LogP contribution in [0, 0.1) is 0 Å². The fourth-order valence-electron chi connectivity index (χ4n) is 2.27. The second-order valence-corrected chi connectivity index (χ2v) is 6.44. The first kappa shape index (κ1) is 16.8. The first-order valence-electron chi connectivity index (χ1n) is 7.39. The fourth-order valence-corrected chi connectivity index (χ4v) is 2.96. The van der Waals surface area contributed by atoms with Crippen LogP contribution >= 0.6 is 11.8 Å². The molecule has 1 amide bonds. The van der Waals surface area contributed by atoms with Crippen LogP contribution in [0.3, 0.4) is 0 Å². The minimum atomic E-state index is -1.17. The third-order valence-electron chi connectivity index (χ3n) is 3.52. The molecule has 22 heavy (non-hydrogen) atoms. The molecule has 5 heteroatoms. The van der Waals surface area contributed by atoms with E-state index in [9.17, 15) is 9.90 Å². The summed E-state index contributed by atoms with van der Waals surface area (Å²) in [5.74, 6) is 1.06. The lowest BCUT2D eigenvalue weighted by molar-refractivity contribution is -0.130. The second-order valence-electron chi connectivity index (χ2n) is 5.12. The van der Waals surface area contributed by atoms with Crippen molar-refractivity contribution in [2.24, 2.45) is 5.73 Å². The van der Waals surface area contributed by atoms with Crippen LogP contribution in [0.15, 0.2) is 42.5 Å². The Bertz CT molecular complexity index is 628. The van der Waals surface area contributed by atoms with E-state index in [2.05, 4.69) is 5.32 Å². The van der Waals surface area contributed by atoms with Gasteiger partial charge in [-0.1, -0.05) is 49.4 Å². The number of carbonyl (C=O) groups is 1. The number of carbonyl (C=O) groups excluding carboxylic acids is 1. The highest BCUT2D eigenvalue weighted by atomic mass is 32.2. The van der Waals surface area contributed by atoms with Crippen LogP contribution in [-0.2, 0) is 11.3 Å². The molecule has 0 aliphatic heterocycles. The smallest absolute Gasteiger partial charge is 0.250 e. The minimum absolute atomic E-state index is 0.380. The van der Waals surface area contributed by atoms with Crippen LogP contribution in [0.4, 0.5) is 0 Å². The topological polar surface area (TPSA) is 75.3 Å². The summed E-state index contributed by atoms with van der Waals surface area (Å²) in [6.45, 7) is 2.40. The Morgan fingerprint density at radius 3 is 2.77 bits per heavy atom. The van der Waals surface area contributed by atoms with E-state index < -0.39 is 18.1 Å². The van der Waals surface area contributed by atoms with Crippen LogP contribution in [0.2, 0.25) is 0 Å². The molecule has 0 aliphatic carbocycles. The molecular formula is C17H22N2O2S. The van der Waals surface area contributed by atoms with Crippen LogP contribution in [0.25, 0.3) is 10.8 Å². The lowest BCUT2D eigenvalue weighted by Gasteiger charge is -2.18. The molecular weight excluding hydrogens is 296 g/mol. The number of aliphatic hydroxyl groups is 1. The van der Waals surface area contributed by atoms with E-state index in [0.717, 1.165) is 22.1 Å². The van der Waals surface area contributed by atoms with Crippen molar-refractivity contribution in [2.45, 2.75) is 25.6 Å². The molecule has 1 unspecified atom stereocenters. The number of hydrogen-bond acceptors (Lipinski definition) is 4. The highest BCUT2D eigenvalue weighted by Gasteiger charge is 2.22. The van der Waals surface area contributed by atoms with E-state index in [1.807, 2.05) is 49.4 Å². The largest absolute Gasteiger partial charge is 0.382 e. The number of amides is 1. The number of hydrogen-bond donors (Lipinski definition) is 3. The van der Waals surface area contributed by atoms with Gasteiger partial charge in [0, 0.05) is 18.3 Å². The predicted molar refractivity (Wildman–Crippen MR) is 92.8 cm³/mol. The molecule has 0 aliphatic rings. The summed E-state index contributed by atoms with van der Waals surface area (Å²) >= 11 is 1.61. The van der Waals surface area contributed by atoms with E-state index in [-0.39, 0.29) is 0 Å². The number of benzene rings is 2. The molecule has 0 spiro atoms. The van der Waals surface area contributed by atoms with Gasteiger partial charge in [0.05, 0.1) is 0 Å². The molecule has 2 aromatic carbocycles. The number of nitrogens with one attached hydrogen (secondary N) is 1. The Kier molecular flexibility index (Phi) is 6.24. The zero-order chi connectivity index (χ0) is 15.9. The summed E-state index contributed by atoms with van der Waals surface area (Å²) < 4.78 is 0. The van der Waals surface area contributed by atoms with Gasteiger partial charge >= 0.3 is 0 Å². The van der Waals surface area contributed by atoms with Gasteiger partial charge in [-0.3, -0.25) is 4.79 Å². The molecule has 2 atom stereocenters. The van der Waals surface area contributed by atoms with Gasteiger partial charge in [0.2, 0.25) is 0 Å². The molecule has 0 saturated heterocycles. The van der Waals surface area contributed by atoms with Crippen molar-refractivity contribution in [2.75, 3.05) is 11.5 Å².